The van der Waals surface area contributed by atoms with Crippen LogP contribution < -0.4 is 21.2 Å². The molecule has 1 aliphatic rings. The molecule has 1 aliphatic carbocycles. The van der Waals surface area contributed by atoms with Crippen LogP contribution in [0.4, 0.5) is 11.4 Å². The summed E-state index contributed by atoms with van der Waals surface area (Å²) in [5.41, 5.74) is 5.22. The lowest BCUT2D eigenvalue weighted by molar-refractivity contribution is -0.116. The Kier molecular flexibility index (Phi) is 5.86. The van der Waals surface area contributed by atoms with Crippen molar-refractivity contribution in [1.82, 2.24) is 9.97 Å². The molecule has 1 amide bonds. The molecular formula is C26H19N5O6. The highest BCUT2D eigenvalue weighted by Gasteiger charge is 2.30. The summed E-state index contributed by atoms with van der Waals surface area (Å²) in [7, 11) is 1.38. The average molecular weight is 497 g/mol. The maximum absolute atomic E-state index is 13.4. The van der Waals surface area contributed by atoms with Gasteiger partial charge in [-0.3, -0.25) is 15.0 Å². The highest BCUT2D eigenvalue weighted by Crippen LogP contribution is 2.28. The number of rotatable bonds is 6. The van der Waals surface area contributed by atoms with Crippen molar-refractivity contribution in [3.8, 4) is 5.75 Å². The standard InChI is InChI=1S/C26H19N5O6/c1-37-21-11-14(25(34)35)6-8-19(21)30-31-22-16-5-3-2-4-13(16)10-17(23(22)32)24(33)27-15-7-9-18-20(12-15)29-26(36)28-18/h2-12,30H,1H3,(H,27,33)(H,34,35)(H2,28,29,36)/b31-22-. The molecule has 0 atom stereocenters. The molecule has 3 aromatic carbocycles. The number of ketones is 1. The third kappa shape index (κ3) is 4.48. The smallest absolute Gasteiger partial charge is 0.335 e. The Bertz CT molecular complexity index is 1710. The zero-order chi connectivity index (χ0) is 26.1. The highest BCUT2D eigenvalue weighted by molar-refractivity contribution is 6.59. The number of nitrogens with zero attached hydrogens (tertiary/aromatic N) is 1. The van der Waals surface area contributed by atoms with Gasteiger partial charge in [0.1, 0.15) is 11.5 Å². The number of carbonyl (C=O) groups excluding carboxylic acids is 2. The van der Waals surface area contributed by atoms with Crippen LogP contribution >= 0.6 is 0 Å². The molecular weight excluding hydrogens is 478 g/mol. The number of imidazole rings is 1. The van der Waals surface area contributed by atoms with Crippen molar-refractivity contribution in [1.29, 1.82) is 0 Å². The Hall–Kier alpha value is -5.45. The summed E-state index contributed by atoms with van der Waals surface area (Å²) < 4.78 is 5.25. The van der Waals surface area contributed by atoms with Gasteiger partial charge in [-0.1, -0.05) is 24.3 Å². The number of aromatic nitrogens is 2. The minimum absolute atomic E-state index is 0.00182. The van der Waals surface area contributed by atoms with Gasteiger partial charge >= 0.3 is 11.7 Å². The van der Waals surface area contributed by atoms with E-state index in [1.165, 1.54) is 31.4 Å². The molecule has 0 aliphatic heterocycles. The number of Topliss-reactive ketones (excluding diaryl/α,β-unsaturated/α-hetero) is 1. The minimum Gasteiger partial charge on any atom is -0.494 e. The number of hydrogen-bond donors (Lipinski definition) is 5. The molecule has 0 radical (unpaired) electrons. The quantitative estimate of drug-likeness (QED) is 0.202. The third-order valence-electron chi connectivity index (χ3n) is 5.73. The summed E-state index contributed by atoms with van der Waals surface area (Å²) in [5, 5.41) is 16.2. The summed E-state index contributed by atoms with van der Waals surface area (Å²) in [6.07, 6.45) is 1.49. The zero-order valence-electron chi connectivity index (χ0n) is 19.3. The summed E-state index contributed by atoms with van der Waals surface area (Å²) >= 11 is 0. The lowest BCUT2D eigenvalue weighted by Crippen LogP contribution is -2.30. The molecule has 5 N–H and O–H groups in total. The van der Waals surface area contributed by atoms with E-state index < -0.39 is 17.7 Å². The van der Waals surface area contributed by atoms with Crippen LogP contribution in [0.2, 0.25) is 0 Å². The van der Waals surface area contributed by atoms with Crippen molar-refractivity contribution >= 4 is 51.9 Å². The number of fused-ring (bicyclic) bond motifs is 2. The van der Waals surface area contributed by atoms with E-state index in [1.54, 1.807) is 42.5 Å². The average Bonchev–Trinajstić information content (AvgIpc) is 3.26. The van der Waals surface area contributed by atoms with Gasteiger partial charge in [-0.2, -0.15) is 5.10 Å². The van der Waals surface area contributed by atoms with Gasteiger partial charge < -0.3 is 25.1 Å². The number of carbonyl (C=O) groups is 3. The predicted molar refractivity (Wildman–Crippen MR) is 137 cm³/mol. The fourth-order valence-corrected chi connectivity index (χ4v) is 3.93. The summed E-state index contributed by atoms with van der Waals surface area (Å²) in [6, 6.07) is 16.0. The van der Waals surface area contributed by atoms with E-state index in [0.29, 0.717) is 33.5 Å². The minimum atomic E-state index is -1.12. The van der Waals surface area contributed by atoms with Crippen molar-refractivity contribution < 1.29 is 24.2 Å². The second kappa shape index (κ2) is 9.30. The number of aromatic carboxylic acids is 1. The van der Waals surface area contributed by atoms with E-state index in [1.807, 2.05) is 0 Å². The van der Waals surface area contributed by atoms with Gasteiger partial charge in [0.15, 0.2) is 0 Å². The summed E-state index contributed by atoms with van der Waals surface area (Å²) in [5.74, 6) is -2.16. The lowest BCUT2D eigenvalue weighted by Gasteiger charge is -2.18. The van der Waals surface area contributed by atoms with Crippen molar-refractivity contribution in [2.45, 2.75) is 0 Å². The Labute approximate surface area is 208 Å². The molecule has 11 heteroatoms. The van der Waals surface area contributed by atoms with Gasteiger partial charge in [0.25, 0.3) is 5.91 Å². The summed E-state index contributed by atoms with van der Waals surface area (Å²) in [4.78, 5) is 54.5. The number of anilines is 2. The first-order valence-corrected chi connectivity index (χ1v) is 11.0. The maximum atomic E-state index is 13.4. The lowest BCUT2D eigenvalue weighted by atomic mass is 9.89. The number of hydrogen-bond acceptors (Lipinski definition) is 7. The first kappa shape index (κ1) is 23.3. The van der Waals surface area contributed by atoms with Crippen LogP contribution in [0, 0.1) is 0 Å². The molecule has 11 nitrogen and oxygen atoms in total. The van der Waals surface area contributed by atoms with Gasteiger partial charge in [-0.15, -0.1) is 0 Å². The zero-order valence-corrected chi connectivity index (χ0v) is 19.3. The molecule has 0 spiro atoms. The largest absolute Gasteiger partial charge is 0.494 e. The Morgan fingerprint density at radius 3 is 2.54 bits per heavy atom. The van der Waals surface area contributed by atoms with Crippen LogP contribution in [0.25, 0.3) is 17.1 Å². The molecule has 37 heavy (non-hydrogen) atoms. The fourth-order valence-electron chi connectivity index (χ4n) is 3.93. The number of nitrogens with one attached hydrogen (secondary N) is 4. The van der Waals surface area contributed by atoms with E-state index in [4.69, 9.17) is 4.74 Å². The highest BCUT2D eigenvalue weighted by atomic mass is 16.5. The Morgan fingerprint density at radius 1 is 0.973 bits per heavy atom. The SMILES string of the molecule is COc1cc(C(=O)O)ccc1N/N=C1\C(=O)C(C(=O)Nc2ccc3[nH]c(=O)[nH]c3c2)=Cc2ccccc21. The molecule has 0 fully saturated rings. The topological polar surface area (TPSA) is 166 Å². The van der Waals surface area contributed by atoms with E-state index in [9.17, 15) is 24.3 Å². The van der Waals surface area contributed by atoms with Crippen LogP contribution in [-0.4, -0.2) is 45.6 Å². The van der Waals surface area contributed by atoms with Crippen molar-refractivity contribution in [2.75, 3.05) is 17.9 Å². The fraction of sp³-hybridized carbons (Fsp3) is 0.0385. The second-order valence-corrected chi connectivity index (χ2v) is 8.06. The molecule has 184 valence electrons. The predicted octanol–water partition coefficient (Wildman–Crippen LogP) is 2.98. The molecule has 5 rings (SSSR count). The van der Waals surface area contributed by atoms with Gasteiger partial charge in [-0.25, -0.2) is 9.59 Å². The molecule has 0 bridgehead atoms. The number of amides is 1. The van der Waals surface area contributed by atoms with Gasteiger partial charge in [0, 0.05) is 11.3 Å². The number of benzene rings is 3. The second-order valence-electron chi connectivity index (χ2n) is 8.06. The first-order chi connectivity index (χ1) is 17.8. The first-order valence-electron chi connectivity index (χ1n) is 11.0. The number of ether oxygens (including phenoxy) is 1. The number of hydrazone groups is 1. The van der Waals surface area contributed by atoms with E-state index in [-0.39, 0.29) is 28.3 Å². The van der Waals surface area contributed by atoms with E-state index in [0.717, 1.165) is 0 Å². The molecule has 0 unspecified atom stereocenters. The third-order valence-corrected chi connectivity index (χ3v) is 5.73. The van der Waals surface area contributed by atoms with Crippen LogP contribution in [0.3, 0.4) is 0 Å². The van der Waals surface area contributed by atoms with Crippen LogP contribution in [0.15, 0.2) is 76.1 Å². The number of carboxylic acids is 1. The van der Waals surface area contributed by atoms with Gasteiger partial charge in [0.05, 0.1) is 35.0 Å². The number of H-pyrrole nitrogens is 2. The Morgan fingerprint density at radius 2 is 1.76 bits per heavy atom. The number of methoxy groups -OCH3 is 1. The molecule has 4 aromatic rings. The van der Waals surface area contributed by atoms with Gasteiger partial charge in [0.2, 0.25) is 5.78 Å². The molecule has 1 aromatic heterocycles. The number of carboxylic acid groups (broad SMARTS) is 1. The molecule has 0 saturated carbocycles. The molecule has 1 heterocycles. The van der Waals surface area contributed by atoms with Crippen LogP contribution in [0.5, 0.6) is 5.75 Å². The van der Waals surface area contributed by atoms with Crippen LogP contribution in [-0.2, 0) is 9.59 Å². The van der Waals surface area contributed by atoms with E-state index in [2.05, 4.69) is 25.8 Å². The Balaban J connectivity index is 1.46. The monoisotopic (exact) mass is 497 g/mol. The maximum Gasteiger partial charge on any atom is 0.335 e. The normalized spacial score (nSPS) is 13.7. The van der Waals surface area contributed by atoms with Gasteiger partial charge in [-0.05, 0) is 48.0 Å². The van der Waals surface area contributed by atoms with Crippen molar-refractivity contribution in [3.05, 3.63) is 93.4 Å². The van der Waals surface area contributed by atoms with Crippen molar-refractivity contribution in [2.24, 2.45) is 5.10 Å². The number of aromatic amines is 2. The van der Waals surface area contributed by atoms with Crippen molar-refractivity contribution in [3.63, 3.8) is 0 Å². The molecule has 0 saturated heterocycles. The van der Waals surface area contributed by atoms with Crippen LogP contribution in [0.1, 0.15) is 21.5 Å². The summed E-state index contributed by atoms with van der Waals surface area (Å²) in [6.45, 7) is 0. The van der Waals surface area contributed by atoms with E-state index >= 15 is 0 Å².